The van der Waals surface area contributed by atoms with E-state index in [1.54, 1.807) is 0 Å². The molecule has 0 aromatic heterocycles. The van der Waals surface area contributed by atoms with Crippen LogP contribution in [0.25, 0.3) is 0 Å². The summed E-state index contributed by atoms with van der Waals surface area (Å²) >= 11 is 0. The number of nitrogens with one attached hydrogen (secondary N) is 2. The van der Waals surface area contributed by atoms with Crippen LogP contribution >= 0.6 is 0 Å². The van der Waals surface area contributed by atoms with Gasteiger partial charge < -0.3 is 20.1 Å². The van der Waals surface area contributed by atoms with Gasteiger partial charge in [-0.25, -0.2) is 4.79 Å². The van der Waals surface area contributed by atoms with Gasteiger partial charge in [0.05, 0.1) is 6.04 Å². The molecule has 1 unspecified atom stereocenters. The highest BCUT2D eigenvalue weighted by molar-refractivity contribution is 5.74. The first-order valence-electron chi connectivity index (χ1n) is 10.4. The van der Waals surface area contributed by atoms with Crippen LogP contribution in [0.2, 0.25) is 0 Å². The van der Waals surface area contributed by atoms with E-state index >= 15 is 0 Å². The van der Waals surface area contributed by atoms with E-state index in [0.29, 0.717) is 13.2 Å². The Morgan fingerprint density at radius 1 is 1.07 bits per heavy atom. The first-order valence-corrected chi connectivity index (χ1v) is 10.4. The molecule has 6 nitrogen and oxygen atoms in total. The molecule has 2 aliphatic rings. The normalized spacial score (nSPS) is 18.1. The molecule has 1 saturated heterocycles. The van der Waals surface area contributed by atoms with E-state index in [0.717, 1.165) is 49.5 Å². The van der Waals surface area contributed by atoms with Crippen LogP contribution in [0.1, 0.15) is 36.9 Å². The van der Waals surface area contributed by atoms with Crippen LogP contribution < -0.4 is 20.1 Å². The van der Waals surface area contributed by atoms with Crippen LogP contribution in [0.4, 0.5) is 4.79 Å². The molecule has 2 aromatic carbocycles. The van der Waals surface area contributed by atoms with Gasteiger partial charge in [-0.2, -0.15) is 0 Å². The molecule has 0 aliphatic carbocycles. The molecule has 1 fully saturated rings. The zero-order valence-electron chi connectivity index (χ0n) is 16.9. The van der Waals surface area contributed by atoms with Crippen LogP contribution in [0, 0.1) is 0 Å². The molecule has 2 aliphatic heterocycles. The largest absolute Gasteiger partial charge is 0.486 e. The number of carbonyl (C=O) groups is 1. The molecule has 2 N–H and O–H groups in total. The predicted molar refractivity (Wildman–Crippen MR) is 112 cm³/mol. The van der Waals surface area contributed by atoms with Gasteiger partial charge in [-0.3, -0.25) is 4.90 Å². The summed E-state index contributed by atoms with van der Waals surface area (Å²) in [6.45, 7) is 6.08. The third-order valence-corrected chi connectivity index (χ3v) is 5.59. The number of piperidine rings is 1. The number of hydrogen-bond acceptors (Lipinski definition) is 4. The molecule has 0 radical (unpaired) electrons. The van der Waals surface area contributed by atoms with Gasteiger partial charge in [0.1, 0.15) is 13.2 Å². The average molecular weight is 396 g/mol. The minimum Gasteiger partial charge on any atom is -0.486 e. The Kier molecular flexibility index (Phi) is 6.20. The highest BCUT2D eigenvalue weighted by Gasteiger charge is 2.22. The third-order valence-electron chi connectivity index (χ3n) is 5.59. The fraction of sp³-hybridized carbons (Fsp3) is 0.435. The van der Waals surface area contributed by atoms with Gasteiger partial charge in [-0.05, 0) is 43.0 Å². The van der Waals surface area contributed by atoms with Crippen molar-refractivity contribution in [2.75, 3.05) is 26.3 Å². The van der Waals surface area contributed by atoms with E-state index in [4.69, 9.17) is 9.47 Å². The molecule has 29 heavy (non-hydrogen) atoms. The maximum atomic E-state index is 12.5. The predicted octanol–water partition coefficient (Wildman–Crippen LogP) is 3.48. The molecule has 2 amide bonds. The Bertz CT molecular complexity index is 819. The number of likely N-dealkylation sites (tertiary alicyclic amines) is 1. The maximum Gasteiger partial charge on any atom is 0.315 e. The summed E-state index contributed by atoms with van der Waals surface area (Å²) < 4.78 is 11.2. The number of rotatable bonds is 5. The number of urea groups is 1. The molecular weight excluding hydrogens is 366 g/mol. The Balaban J connectivity index is 1.23. The van der Waals surface area contributed by atoms with Crippen molar-refractivity contribution in [3.05, 3.63) is 59.7 Å². The highest BCUT2D eigenvalue weighted by Crippen LogP contribution is 2.32. The van der Waals surface area contributed by atoms with Gasteiger partial charge in [-0.15, -0.1) is 0 Å². The molecule has 4 rings (SSSR count). The van der Waals surface area contributed by atoms with Crippen LogP contribution in [-0.2, 0) is 6.54 Å². The summed E-state index contributed by atoms with van der Waals surface area (Å²) in [6, 6.07) is 16.4. The second-order valence-electron chi connectivity index (χ2n) is 7.78. The lowest BCUT2D eigenvalue weighted by Crippen LogP contribution is -2.48. The number of fused-ring (bicyclic) bond motifs is 1. The fourth-order valence-electron chi connectivity index (χ4n) is 3.91. The van der Waals surface area contributed by atoms with Gasteiger partial charge in [-0.1, -0.05) is 36.4 Å². The van der Waals surface area contributed by atoms with Crippen molar-refractivity contribution < 1.29 is 14.3 Å². The number of nitrogens with zero attached hydrogens (tertiary/aromatic N) is 1. The standard InChI is InChI=1S/C23H29N3O3/c1-17(19-7-8-21-22(15-19)29-14-13-28-21)24-23(27)25-20-9-11-26(12-10-20)16-18-5-3-2-4-6-18/h2-8,15,17,20H,9-14,16H2,1H3,(H2,24,25,27). The molecule has 2 aromatic rings. The van der Waals surface area contributed by atoms with Gasteiger partial charge in [0.25, 0.3) is 0 Å². The van der Waals surface area contributed by atoms with Gasteiger partial charge in [0.15, 0.2) is 11.5 Å². The zero-order valence-corrected chi connectivity index (χ0v) is 16.9. The number of carbonyl (C=O) groups excluding carboxylic acids is 1. The molecule has 6 heteroatoms. The lowest BCUT2D eigenvalue weighted by molar-refractivity contribution is 0.171. The van der Waals surface area contributed by atoms with Crippen LogP contribution in [0.3, 0.4) is 0 Å². The smallest absolute Gasteiger partial charge is 0.315 e. The first-order chi connectivity index (χ1) is 14.2. The van der Waals surface area contributed by atoms with Crippen molar-refractivity contribution in [2.24, 2.45) is 0 Å². The Morgan fingerprint density at radius 3 is 2.55 bits per heavy atom. The second kappa shape index (κ2) is 9.18. The number of benzene rings is 2. The van der Waals surface area contributed by atoms with Crippen molar-refractivity contribution >= 4 is 6.03 Å². The quantitative estimate of drug-likeness (QED) is 0.814. The molecule has 0 saturated carbocycles. The first kappa shape index (κ1) is 19.6. The van der Waals surface area contributed by atoms with Crippen LogP contribution in [0.15, 0.2) is 48.5 Å². The lowest BCUT2D eigenvalue weighted by atomic mass is 10.0. The summed E-state index contributed by atoms with van der Waals surface area (Å²) in [5.74, 6) is 1.51. The minimum atomic E-state index is -0.117. The Morgan fingerprint density at radius 2 is 1.79 bits per heavy atom. The summed E-state index contributed by atoms with van der Waals surface area (Å²) in [5, 5.41) is 6.17. The zero-order chi connectivity index (χ0) is 20.1. The minimum absolute atomic E-state index is 0.107. The van der Waals surface area contributed by atoms with Crippen molar-refractivity contribution in [1.29, 1.82) is 0 Å². The molecule has 0 spiro atoms. The van der Waals surface area contributed by atoms with E-state index in [1.165, 1.54) is 5.56 Å². The van der Waals surface area contributed by atoms with Gasteiger partial charge in [0, 0.05) is 25.7 Å². The topological polar surface area (TPSA) is 62.8 Å². The van der Waals surface area contributed by atoms with Crippen LogP contribution in [-0.4, -0.2) is 43.3 Å². The summed E-state index contributed by atoms with van der Waals surface area (Å²) in [7, 11) is 0. The van der Waals surface area contributed by atoms with E-state index in [2.05, 4.69) is 39.8 Å². The summed E-state index contributed by atoms with van der Waals surface area (Å²) in [4.78, 5) is 14.9. The Hall–Kier alpha value is -2.73. The average Bonchev–Trinajstić information content (AvgIpc) is 2.75. The van der Waals surface area contributed by atoms with E-state index in [1.807, 2.05) is 31.2 Å². The number of hydrogen-bond donors (Lipinski definition) is 2. The number of amides is 2. The third kappa shape index (κ3) is 5.21. The van der Waals surface area contributed by atoms with Gasteiger partial charge >= 0.3 is 6.03 Å². The summed E-state index contributed by atoms with van der Waals surface area (Å²) in [5.41, 5.74) is 2.34. The van der Waals surface area contributed by atoms with E-state index in [9.17, 15) is 4.79 Å². The second-order valence-corrected chi connectivity index (χ2v) is 7.78. The molecule has 1 atom stereocenters. The number of ether oxygens (including phenoxy) is 2. The molecular formula is C23H29N3O3. The van der Waals surface area contributed by atoms with E-state index in [-0.39, 0.29) is 18.1 Å². The molecule has 0 bridgehead atoms. The summed E-state index contributed by atoms with van der Waals surface area (Å²) in [6.07, 6.45) is 1.94. The fourth-order valence-corrected chi connectivity index (χ4v) is 3.91. The Labute approximate surface area is 172 Å². The van der Waals surface area contributed by atoms with E-state index < -0.39 is 0 Å². The van der Waals surface area contributed by atoms with Crippen molar-refractivity contribution in [1.82, 2.24) is 15.5 Å². The maximum absolute atomic E-state index is 12.5. The molecule has 2 heterocycles. The van der Waals surface area contributed by atoms with Crippen LogP contribution in [0.5, 0.6) is 11.5 Å². The van der Waals surface area contributed by atoms with Crippen molar-refractivity contribution in [3.8, 4) is 11.5 Å². The highest BCUT2D eigenvalue weighted by atomic mass is 16.6. The lowest BCUT2D eigenvalue weighted by Gasteiger charge is -2.32. The molecule has 154 valence electrons. The van der Waals surface area contributed by atoms with Crippen molar-refractivity contribution in [2.45, 2.75) is 38.4 Å². The van der Waals surface area contributed by atoms with Gasteiger partial charge in [0.2, 0.25) is 0 Å². The monoisotopic (exact) mass is 395 g/mol. The van der Waals surface area contributed by atoms with Crippen molar-refractivity contribution in [3.63, 3.8) is 0 Å². The SMILES string of the molecule is CC(NC(=O)NC1CCN(Cc2ccccc2)CC1)c1ccc2c(c1)OCCO2.